The van der Waals surface area contributed by atoms with E-state index in [0.29, 0.717) is 65.4 Å². The van der Waals surface area contributed by atoms with Crippen molar-refractivity contribution in [1.29, 1.82) is 0 Å². The van der Waals surface area contributed by atoms with Crippen molar-refractivity contribution in [3.63, 3.8) is 0 Å². The fourth-order valence-electron chi connectivity index (χ4n) is 5.73. The number of carboxylic acids is 1. The van der Waals surface area contributed by atoms with Crippen molar-refractivity contribution >= 4 is 11.8 Å². The van der Waals surface area contributed by atoms with E-state index in [-0.39, 0.29) is 18.1 Å². The molecule has 0 radical (unpaired) electrons. The predicted molar refractivity (Wildman–Crippen MR) is 178 cm³/mol. The van der Waals surface area contributed by atoms with E-state index in [1.807, 2.05) is 0 Å². The van der Waals surface area contributed by atoms with Crippen LogP contribution in [0.2, 0.25) is 0 Å². The molecule has 0 saturated carbocycles. The second-order valence-electron chi connectivity index (χ2n) is 12.1. The van der Waals surface area contributed by atoms with E-state index in [4.69, 9.17) is 24.7 Å². The van der Waals surface area contributed by atoms with Crippen molar-refractivity contribution in [1.82, 2.24) is 15.0 Å². The van der Waals surface area contributed by atoms with Gasteiger partial charge in [0, 0.05) is 54.5 Å². The van der Waals surface area contributed by atoms with Crippen LogP contribution in [0.1, 0.15) is 111 Å². The molecule has 0 bridgehead atoms. The van der Waals surface area contributed by atoms with Gasteiger partial charge < -0.3 is 19.3 Å². The molecule has 0 aromatic carbocycles. The van der Waals surface area contributed by atoms with Crippen molar-refractivity contribution in [2.75, 3.05) is 46.2 Å². The average molecular weight is 653 g/mol. The zero-order chi connectivity index (χ0) is 33.4. The van der Waals surface area contributed by atoms with Gasteiger partial charge >= 0.3 is 5.97 Å². The second kappa shape index (κ2) is 23.8. The number of hydrogen-bond acceptors (Lipinski definition) is 9. The molecule has 3 rings (SSSR count). The summed E-state index contributed by atoms with van der Waals surface area (Å²) < 4.78 is 16.1. The highest BCUT2D eigenvalue weighted by Crippen LogP contribution is 2.26. The SMILES string of the molecule is [N-]=[N+]=NCCOCCOCCOCCC(=O)CCCCc1ncc([C@@H](CCCCCCc2ccc3c(n2)CCCC3)CC(=O)O)cn1. The molecule has 258 valence electrons. The molecule has 12 nitrogen and oxygen atoms in total. The zero-order valence-electron chi connectivity index (χ0n) is 27.8. The Bertz CT molecular complexity index is 1240. The summed E-state index contributed by atoms with van der Waals surface area (Å²) in [6, 6.07) is 4.45. The first-order chi connectivity index (χ1) is 23.0. The maximum absolute atomic E-state index is 12.2. The number of ether oxygens (including phenoxy) is 3. The molecule has 2 aromatic heterocycles. The highest BCUT2D eigenvalue weighted by atomic mass is 16.5. The van der Waals surface area contributed by atoms with Crippen LogP contribution in [0.15, 0.2) is 29.6 Å². The number of carbonyl (C=O) groups excluding carboxylic acids is 1. The highest BCUT2D eigenvalue weighted by molar-refractivity contribution is 5.78. The maximum Gasteiger partial charge on any atom is 0.303 e. The number of aryl methyl sites for hydroxylation is 4. The van der Waals surface area contributed by atoms with Crippen LogP contribution in [0.25, 0.3) is 10.4 Å². The second-order valence-corrected chi connectivity index (χ2v) is 12.1. The Morgan fingerprint density at radius 2 is 1.55 bits per heavy atom. The Morgan fingerprint density at radius 1 is 0.851 bits per heavy atom. The van der Waals surface area contributed by atoms with Gasteiger partial charge in [0.2, 0.25) is 0 Å². The predicted octanol–water partition coefficient (Wildman–Crippen LogP) is 6.53. The van der Waals surface area contributed by atoms with Gasteiger partial charge in [0.05, 0.1) is 46.1 Å². The third-order valence-corrected chi connectivity index (χ3v) is 8.36. The molecule has 47 heavy (non-hydrogen) atoms. The molecule has 1 atom stereocenters. The standard InChI is InChI=1S/C35H52N6O6/c36-41-39-18-20-46-22-24-47-23-21-45-19-17-32(42)12-6-8-14-34-37-26-30(27-38-34)29(25-35(43)44)10-3-1-2-4-11-31-16-15-28-9-5-7-13-33(28)40-31/h15-16,26-27,29H,1-14,17-25H2,(H,43,44)/t29-/m0/s1. The topological polar surface area (TPSA) is 169 Å². The average Bonchev–Trinajstić information content (AvgIpc) is 3.08. The fourth-order valence-corrected chi connectivity index (χ4v) is 5.73. The minimum atomic E-state index is -0.803. The molecule has 0 amide bonds. The number of pyridine rings is 1. The summed E-state index contributed by atoms with van der Waals surface area (Å²) in [6.07, 6.45) is 17.6. The van der Waals surface area contributed by atoms with Crippen molar-refractivity contribution in [3.05, 3.63) is 63.3 Å². The molecule has 1 aliphatic carbocycles. The van der Waals surface area contributed by atoms with E-state index in [1.165, 1.54) is 29.8 Å². The Kier molecular flexibility index (Phi) is 19.3. The number of carbonyl (C=O) groups is 2. The smallest absolute Gasteiger partial charge is 0.303 e. The van der Waals surface area contributed by atoms with Crippen LogP contribution >= 0.6 is 0 Å². The third kappa shape index (κ3) is 16.8. The molecule has 1 aliphatic rings. The van der Waals surface area contributed by atoms with Gasteiger partial charge in [0.1, 0.15) is 11.6 Å². The molecule has 0 unspecified atom stereocenters. The Labute approximate surface area is 278 Å². The number of unbranched alkanes of at least 4 members (excludes halogenated alkanes) is 4. The minimum Gasteiger partial charge on any atom is -0.481 e. The first-order valence-corrected chi connectivity index (χ1v) is 17.3. The fraction of sp³-hybridized carbons (Fsp3) is 0.686. The molecule has 0 aliphatic heterocycles. The van der Waals surface area contributed by atoms with Gasteiger partial charge in [-0.05, 0) is 86.4 Å². The highest BCUT2D eigenvalue weighted by Gasteiger charge is 2.17. The molecule has 0 spiro atoms. The first-order valence-electron chi connectivity index (χ1n) is 17.3. The number of fused-ring (bicyclic) bond motifs is 1. The van der Waals surface area contributed by atoms with Crippen LogP contribution in [0, 0.1) is 0 Å². The maximum atomic E-state index is 12.2. The number of ketones is 1. The normalized spacial score (nSPS) is 13.1. The van der Waals surface area contributed by atoms with Gasteiger partial charge in [-0.15, -0.1) is 0 Å². The number of rotatable bonds is 27. The largest absolute Gasteiger partial charge is 0.481 e. The first kappa shape index (κ1) is 38.0. The van der Waals surface area contributed by atoms with Gasteiger partial charge in [0.25, 0.3) is 0 Å². The number of aromatic nitrogens is 3. The molecule has 0 fully saturated rings. The summed E-state index contributed by atoms with van der Waals surface area (Å²) >= 11 is 0. The van der Waals surface area contributed by atoms with Crippen LogP contribution in [0.4, 0.5) is 0 Å². The molecule has 2 aromatic rings. The number of Topliss-reactive ketones (excluding diaryl/α,β-unsaturated/α-hetero) is 1. The number of aliphatic carboxylic acids is 1. The summed E-state index contributed by atoms with van der Waals surface area (Å²) in [5.41, 5.74) is 13.0. The molecular formula is C35H52N6O6. The van der Waals surface area contributed by atoms with E-state index in [1.54, 1.807) is 12.4 Å². The molecule has 0 saturated heterocycles. The molecule has 12 heteroatoms. The van der Waals surface area contributed by atoms with E-state index in [2.05, 4.69) is 32.1 Å². The quantitative estimate of drug-likeness (QED) is 0.0487. The van der Waals surface area contributed by atoms with Gasteiger partial charge in [-0.2, -0.15) is 0 Å². The van der Waals surface area contributed by atoms with Gasteiger partial charge in [-0.25, -0.2) is 9.97 Å². The van der Waals surface area contributed by atoms with Gasteiger partial charge in [0.15, 0.2) is 0 Å². The van der Waals surface area contributed by atoms with Crippen LogP contribution in [0.3, 0.4) is 0 Å². The molecule has 2 heterocycles. The monoisotopic (exact) mass is 652 g/mol. The van der Waals surface area contributed by atoms with E-state index in [0.717, 1.165) is 75.6 Å². The van der Waals surface area contributed by atoms with E-state index >= 15 is 0 Å². The zero-order valence-corrected chi connectivity index (χ0v) is 27.8. The lowest BCUT2D eigenvalue weighted by Gasteiger charge is -2.16. The molecular weight excluding hydrogens is 600 g/mol. The van der Waals surface area contributed by atoms with Crippen molar-refractivity contribution in [2.45, 2.75) is 109 Å². The van der Waals surface area contributed by atoms with Crippen LogP contribution in [-0.2, 0) is 49.5 Å². The number of carboxylic acid groups (broad SMARTS) is 1. The lowest BCUT2D eigenvalue weighted by Crippen LogP contribution is -2.12. The Hall–Kier alpha value is -3.44. The number of hydrogen-bond donors (Lipinski definition) is 1. The lowest BCUT2D eigenvalue weighted by molar-refractivity contribution is -0.137. The van der Waals surface area contributed by atoms with E-state index in [9.17, 15) is 14.7 Å². The van der Waals surface area contributed by atoms with Crippen molar-refractivity contribution in [2.24, 2.45) is 5.11 Å². The van der Waals surface area contributed by atoms with Crippen molar-refractivity contribution in [3.8, 4) is 0 Å². The van der Waals surface area contributed by atoms with Crippen LogP contribution < -0.4 is 0 Å². The molecule has 1 N–H and O–H groups in total. The van der Waals surface area contributed by atoms with Crippen molar-refractivity contribution < 1.29 is 28.9 Å². The van der Waals surface area contributed by atoms with Gasteiger partial charge in [-0.1, -0.05) is 30.4 Å². The minimum absolute atomic E-state index is 0.0802. The summed E-state index contributed by atoms with van der Waals surface area (Å²) in [7, 11) is 0. The van der Waals surface area contributed by atoms with Gasteiger partial charge in [-0.3, -0.25) is 14.6 Å². The van der Waals surface area contributed by atoms with Crippen LogP contribution in [0.5, 0.6) is 0 Å². The summed E-state index contributed by atoms with van der Waals surface area (Å²) in [4.78, 5) is 40.3. The third-order valence-electron chi connectivity index (χ3n) is 8.36. The Morgan fingerprint density at radius 3 is 2.32 bits per heavy atom. The number of azide groups is 1. The summed E-state index contributed by atoms with van der Waals surface area (Å²) in [6.45, 7) is 2.76. The van der Waals surface area contributed by atoms with Crippen LogP contribution in [-0.4, -0.2) is 78.0 Å². The Balaban J connectivity index is 1.22. The summed E-state index contributed by atoms with van der Waals surface area (Å²) in [5.74, 6) is -0.00804. The lowest BCUT2D eigenvalue weighted by atomic mass is 9.92. The number of nitrogens with zero attached hydrogens (tertiary/aromatic N) is 6. The van der Waals surface area contributed by atoms with E-state index < -0.39 is 5.97 Å². The summed E-state index contributed by atoms with van der Waals surface area (Å²) in [5, 5.41) is 12.9.